The molecule has 100 valence electrons. The van der Waals surface area contributed by atoms with Gasteiger partial charge in [0.15, 0.2) is 0 Å². The number of aliphatic imine (C=N–C) groups is 1. The van der Waals surface area contributed by atoms with Gasteiger partial charge in [0.25, 0.3) is 0 Å². The third-order valence-electron chi connectivity index (χ3n) is 3.10. The number of hydrogen-bond donors (Lipinski definition) is 3. The number of hydrazine groups is 1. The van der Waals surface area contributed by atoms with Gasteiger partial charge in [-0.3, -0.25) is 10.4 Å². The lowest BCUT2D eigenvalue weighted by Crippen LogP contribution is -2.50. The summed E-state index contributed by atoms with van der Waals surface area (Å²) in [4.78, 5) is 6.89. The molecule has 0 aromatic heterocycles. The van der Waals surface area contributed by atoms with Crippen molar-refractivity contribution < 1.29 is 0 Å². The van der Waals surface area contributed by atoms with Gasteiger partial charge in [-0.15, -0.1) is 0 Å². The second-order valence-electron chi connectivity index (χ2n) is 4.63. The number of hydrogen-bond acceptors (Lipinski definition) is 3. The number of guanidine groups is 1. The van der Waals surface area contributed by atoms with Crippen LogP contribution < -0.4 is 16.6 Å². The summed E-state index contributed by atoms with van der Waals surface area (Å²) in [7, 11) is 0. The third-order valence-corrected chi connectivity index (χ3v) is 3.10. The second-order valence-corrected chi connectivity index (χ2v) is 4.63. The highest BCUT2D eigenvalue weighted by Crippen LogP contribution is 2.10. The summed E-state index contributed by atoms with van der Waals surface area (Å²) in [5.41, 5.74) is 2.65. The minimum Gasteiger partial charge on any atom is -0.353 e. The van der Waals surface area contributed by atoms with Crippen molar-refractivity contribution in [3.63, 3.8) is 0 Å². The average molecular weight is 241 g/mol. The highest BCUT2D eigenvalue weighted by molar-refractivity contribution is 5.79. The maximum atomic E-state index is 5.45. The van der Waals surface area contributed by atoms with E-state index in [1.165, 1.54) is 38.9 Å². The van der Waals surface area contributed by atoms with Crippen LogP contribution in [0.15, 0.2) is 4.99 Å². The normalized spacial score (nSPS) is 19.4. The summed E-state index contributed by atoms with van der Waals surface area (Å²) in [6.07, 6.45) is 4.63. The minimum atomic E-state index is 0.509. The summed E-state index contributed by atoms with van der Waals surface area (Å²) in [6, 6.07) is 0.509. The SMILES string of the molecule is CCCN=C(NN)NC1CCN(CCC)CC1. The van der Waals surface area contributed by atoms with E-state index in [0.717, 1.165) is 18.9 Å². The van der Waals surface area contributed by atoms with Crippen LogP contribution in [-0.4, -0.2) is 43.1 Å². The molecule has 4 N–H and O–H groups in total. The van der Waals surface area contributed by atoms with E-state index in [1.807, 2.05) is 0 Å². The Morgan fingerprint density at radius 2 is 2.00 bits per heavy atom. The summed E-state index contributed by atoms with van der Waals surface area (Å²) in [6.45, 7) is 8.74. The molecule has 0 aliphatic carbocycles. The van der Waals surface area contributed by atoms with Crippen LogP contribution in [-0.2, 0) is 0 Å². The highest BCUT2D eigenvalue weighted by Gasteiger charge is 2.18. The average Bonchev–Trinajstić information content (AvgIpc) is 2.37. The lowest BCUT2D eigenvalue weighted by atomic mass is 10.1. The lowest BCUT2D eigenvalue weighted by molar-refractivity contribution is 0.206. The fourth-order valence-corrected chi connectivity index (χ4v) is 2.17. The van der Waals surface area contributed by atoms with Gasteiger partial charge in [0.2, 0.25) is 5.96 Å². The number of nitrogens with one attached hydrogen (secondary N) is 2. The van der Waals surface area contributed by atoms with Gasteiger partial charge in [0.05, 0.1) is 0 Å². The molecule has 1 saturated heterocycles. The Morgan fingerprint density at radius 1 is 1.29 bits per heavy atom. The van der Waals surface area contributed by atoms with E-state index in [9.17, 15) is 0 Å². The standard InChI is InChI=1S/C12H27N5/c1-3-7-14-12(16-13)15-11-5-9-17(8-4-2)10-6-11/h11H,3-10,13H2,1-2H3,(H2,14,15,16). The zero-order valence-corrected chi connectivity index (χ0v) is 11.2. The van der Waals surface area contributed by atoms with Crippen LogP contribution in [0.25, 0.3) is 0 Å². The Balaban J connectivity index is 2.28. The molecule has 0 aromatic rings. The van der Waals surface area contributed by atoms with Gasteiger partial charge in [-0.1, -0.05) is 13.8 Å². The molecule has 1 rings (SSSR count). The molecule has 1 fully saturated rings. The molecule has 1 aliphatic heterocycles. The van der Waals surface area contributed by atoms with Gasteiger partial charge >= 0.3 is 0 Å². The Hall–Kier alpha value is -0.810. The Bertz CT molecular complexity index is 221. The molecular weight excluding hydrogens is 214 g/mol. The Labute approximate surface area is 105 Å². The van der Waals surface area contributed by atoms with Gasteiger partial charge in [-0.25, -0.2) is 5.84 Å². The molecule has 0 saturated carbocycles. The fraction of sp³-hybridized carbons (Fsp3) is 0.917. The van der Waals surface area contributed by atoms with Crippen LogP contribution >= 0.6 is 0 Å². The first-order valence-electron chi connectivity index (χ1n) is 6.80. The molecule has 5 heteroatoms. The van der Waals surface area contributed by atoms with E-state index in [1.54, 1.807) is 0 Å². The van der Waals surface area contributed by atoms with Gasteiger partial charge in [-0.05, 0) is 32.2 Å². The monoisotopic (exact) mass is 241 g/mol. The molecule has 0 radical (unpaired) electrons. The van der Waals surface area contributed by atoms with Crippen LogP contribution in [0.4, 0.5) is 0 Å². The molecule has 0 aromatic carbocycles. The summed E-state index contributed by atoms with van der Waals surface area (Å²) in [5.74, 6) is 6.19. The van der Waals surface area contributed by atoms with E-state index >= 15 is 0 Å². The predicted octanol–water partition coefficient (Wildman–Crippen LogP) is 0.680. The van der Waals surface area contributed by atoms with Crippen LogP contribution in [0, 0.1) is 0 Å². The minimum absolute atomic E-state index is 0.509. The number of piperidine rings is 1. The summed E-state index contributed by atoms with van der Waals surface area (Å²) in [5, 5.41) is 3.39. The van der Waals surface area contributed by atoms with E-state index in [0.29, 0.717) is 6.04 Å². The fourth-order valence-electron chi connectivity index (χ4n) is 2.17. The molecular formula is C12H27N5. The zero-order valence-electron chi connectivity index (χ0n) is 11.2. The van der Waals surface area contributed by atoms with E-state index in [4.69, 9.17) is 5.84 Å². The van der Waals surface area contributed by atoms with Crippen molar-refractivity contribution >= 4 is 5.96 Å². The first-order valence-corrected chi connectivity index (χ1v) is 6.80. The molecule has 0 amide bonds. The van der Waals surface area contributed by atoms with Gasteiger partial charge in [0.1, 0.15) is 0 Å². The molecule has 0 bridgehead atoms. The van der Waals surface area contributed by atoms with Crippen LogP contribution in [0.1, 0.15) is 39.5 Å². The molecule has 1 aliphatic rings. The van der Waals surface area contributed by atoms with E-state index < -0.39 is 0 Å². The molecule has 0 spiro atoms. The van der Waals surface area contributed by atoms with Crippen molar-refractivity contribution in [3.8, 4) is 0 Å². The number of rotatable bonds is 5. The molecule has 0 unspecified atom stereocenters. The largest absolute Gasteiger partial charge is 0.353 e. The summed E-state index contributed by atoms with van der Waals surface area (Å²) >= 11 is 0. The van der Waals surface area contributed by atoms with Crippen molar-refractivity contribution in [2.75, 3.05) is 26.2 Å². The third kappa shape index (κ3) is 5.37. The van der Waals surface area contributed by atoms with Crippen molar-refractivity contribution in [2.45, 2.75) is 45.6 Å². The molecule has 1 heterocycles. The van der Waals surface area contributed by atoms with Crippen LogP contribution in [0.3, 0.4) is 0 Å². The van der Waals surface area contributed by atoms with Gasteiger partial charge in [0, 0.05) is 25.7 Å². The molecule has 0 atom stereocenters. The first-order chi connectivity index (χ1) is 8.30. The quantitative estimate of drug-likeness (QED) is 0.287. The second kappa shape index (κ2) is 8.31. The van der Waals surface area contributed by atoms with E-state index in [2.05, 4.69) is 34.5 Å². The Morgan fingerprint density at radius 3 is 2.53 bits per heavy atom. The maximum Gasteiger partial charge on any atom is 0.205 e. The predicted molar refractivity (Wildman–Crippen MR) is 72.8 cm³/mol. The lowest BCUT2D eigenvalue weighted by Gasteiger charge is -2.32. The topological polar surface area (TPSA) is 65.7 Å². The molecule has 17 heavy (non-hydrogen) atoms. The zero-order chi connectivity index (χ0) is 12.5. The number of nitrogens with zero attached hydrogens (tertiary/aromatic N) is 2. The van der Waals surface area contributed by atoms with Gasteiger partial charge in [-0.2, -0.15) is 0 Å². The Kier molecular flexibility index (Phi) is 6.96. The first kappa shape index (κ1) is 14.3. The van der Waals surface area contributed by atoms with Crippen molar-refractivity contribution in [1.82, 2.24) is 15.6 Å². The van der Waals surface area contributed by atoms with Crippen molar-refractivity contribution in [1.29, 1.82) is 0 Å². The van der Waals surface area contributed by atoms with Crippen LogP contribution in [0.2, 0.25) is 0 Å². The smallest absolute Gasteiger partial charge is 0.205 e. The van der Waals surface area contributed by atoms with Crippen molar-refractivity contribution in [3.05, 3.63) is 0 Å². The number of nitrogens with two attached hydrogens (primary N) is 1. The van der Waals surface area contributed by atoms with Crippen LogP contribution in [0.5, 0.6) is 0 Å². The highest BCUT2D eigenvalue weighted by atomic mass is 15.3. The summed E-state index contributed by atoms with van der Waals surface area (Å²) < 4.78 is 0. The van der Waals surface area contributed by atoms with Gasteiger partial charge < -0.3 is 10.2 Å². The maximum absolute atomic E-state index is 5.45. The number of likely N-dealkylation sites (tertiary alicyclic amines) is 1. The van der Waals surface area contributed by atoms with Crippen molar-refractivity contribution in [2.24, 2.45) is 10.8 Å². The molecule has 5 nitrogen and oxygen atoms in total. The van der Waals surface area contributed by atoms with E-state index in [-0.39, 0.29) is 0 Å².